The van der Waals surface area contributed by atoms with Gasteiger partial charge in [0, 0.05) is 44.0 Å². The number of hydrogen-bond donors (Lipinski definition) is 1. The Morgan fingerprint density at radius 2 is 1.97 bits per heavy atom. The lowest BCUT2D eigenvalue weighted by Gasteiger charge is -2.56. The van der Waals surface area contributed by atoms with E-state index in [4.69, 9.17) is 10.5 Å². The van der Waals surface area contributed by atoms with Crippen LogP contribution in [0.1, 0.15) is 56.7 Å². The molecule has 1 unspecified atom stereocenters. The zero-order valence-corrected chi connectivity index (χ0v) is 19.2. The number of amides is 1. The Hall–Kier alpha value is -2.60. The lowest BCUT2D eigenvalue weighted by Crippen LogP contribution is -2.61. The van der Waals surface area contributed by atoms with Gasteiger partial charge in [0.2, 0.25) is 0 Å². The number of rotatable bonds is 4. The van der Waals surface area contributed by atoms with Crippen molar-refractivity contribution >= 4 is 11.9 Å². The van der Waals surface area contributed by atoms with Crippen LogP contribution in [-0.4, -0.2) is 53.2 Å². The van der Waals surface area contributed by atoms with E-state index in [0.29, 0.717) is 17.3 Å². The number of piperidine rings is 1. The third-order valence-electron chi connectivity index (χ3n) is 7.79. The summed E-state index contributed by atoms with van der Waals surface area (Å²) in [7, 11) is 0. The third kappa shape index (κ3) is 3.96. The van der Waals surface area contributed by atoms with Crippen molar-refractivity contribution in [3.05, 3.63) is 47.7 Å². The largest absolute Gasteiger partial charge is 0.446 e. The molecule has 1 aromatic carbocycles. The first-order valence-electron chi connectivity index (χ1n) is 12.0. The average Bonchev–Trinajstić information content (AvgIpc) is 3.20. The zero-order chi connectivity index (χ0) is 22.3. The van der Waals surface area contributed by atoms with E-state index in [-0.39, 0.29) is 12.2 Å². The first-order valence-corrected chi connectivity index (χ1v) is 12.0. The van der Waals surface area contributed by atoms with E-state index in [9.17, 15) is 4.79 Å². The number of carbonyl (C=O) groups is 1. The van der Waals surface area contributed by atoms with Crippen molar-refractivity contribution < 1.29 is 9.53 Å². The molecule has 2 atom stereocenters. The minimum absolute atomic E-state index is 0.00295. The van der Waals surface area contributed by atoms with Crippen LogP contribution in [0.25, 0.3) is 11.1 Å². The summed E-state index contributed by atoms with van der Waals surface area (Å²) in [6, 6.07) is 11.3. The minimum Gasteiger partial charge on any atom is -0.446 e. The van der Waals surface area contributed by atoms with Gasteiger partial charge in [0.25, 0.3) is 0 Å². The molecule has 3 aliphatic rings. The molecule has 1 spiro atoms. The molecule has 2 N–H and O–H groups in total. The molecule has 1 aliphatic carbocycles. The fourth-order valence-electron chi connectivity index (χ4n) is 5.58. The Bertz CT molecular complexity index is 974. The summed E-state index contributed by atoms with van der Waals surface area (Å²) >= 11 is 0. The summed E-state index contributed by atoms with van der Waals surface area (Å²) < 4.78 is 5.51. The van der Waals surface area contributed by atoms with E-state index >= 15 is 0 Å². The van der Waals surface area contributed by atoms with Crippen molar-refractivity contribution in [1.29, 1.82) is 0 Å². The quantitative estimate of drug-likeness (QED) is 0.758. The zero-order valence-electron chi connectivity index (χ0n) is 19.2. The van der Waals surface area contributed by atoms with Crippen molar-refractivity contribution in [2.45, 2.75) is 58.1 Å². The number of nitrogens with two attached hydrogens (primary N) is 1. The molecular formula is C26H34N4O2. The fraction of sp³-hybridized carbons (Fsp3) is 0.538. The predicted molar refractivity (Wildman–Crippen MR) is 126 cm³/mol. The van der Waals surface area contributed by atoms with Crippen molar-refractivity contribution in [1.82, 2.24) is 14.8 Å². The van der Waals surface area contributed by atoms with Gasteiger partial charge in [0.1, 0.15) is 11.9 Å². The molecule has 2 aromatic rings. The number of aromatic nitrogens is 1. The summed E-state index contributed by atoms with van der Waals surface area (Å²) in [6.45, 7) is 7.95. The lowest BCUT2D eigenvalue weighted by molar-refractivity contribution is -0.0691. The topological polar surface area (TPSA) is 71.7 Å². The van der Waals surface area contributed by atoms with Gasteiger partial charge in [0.15, 0.2) is 0 Å². The Morgan fingerprint density at radius 3 is 2.66 bits per heavy atom. The van der Waals surface area contributed by atoms with Crippen LogP contribution in [0.3, 0.4) is 0 Å². The highest BCUT2D eigenvalue weighted by molar-refractivity contribution is 5.68. The number of anilines is 1. The molecule has 6 heteroatoms. The number of fused-ring (bicyclic) bond motifs is 1. The molecule has 2 saturated heterocycles. The second-order valence-electron chi connectivity index (χ2n) is 9.93. The highest BCUT2D eigenvalue weighted by atomic mass is 16.6. The molecule has 6 nitrogen and oxygen atoms in total. The summed E-state index contributed by atoms with van der Waals surface area (Å²) in [5.74, 6) is 0.555. The molecule has 0 bridgehead atoms. The number of carbonyl (C=O) groups excluding carboxylic acids is 1. The van der Waals surface area contributed by atoms with Gasteiger partial charge in [-0.25, -0.2) is 9.78 Å². The van der Waals surface area contributed by atoms with Crippen molar-refractivity contribution in [2.24, 2.45) is 5.41 Å². The highest BCUT2D eigenvalue weighted by Crippen LogP contribution is 2.48. The maximum Gasteiger partial charge on any atom is 0.410 e. The van der Waals surface area contributed by atoms with Crippen LogP contribution in [0.15, 0.2) is 36.5 Å². The number of likely N-dealkylation sites (tertiary alicyclic amines) is 2. The maximum absolute atomic E-state index is 12.3. The second-order valence-corrected chi connectivity index (χ2v) is 9.93. The molecule has 5 rings (SSSR count). The molecule has 2 fully saturated rings. The van der Waals surface area contributed by atoms with Crippen LogP contribution in [0.2, 0.25) is 0 Å². The summed E-state index contributed by atoms with van der Waals surface area (Å²) in [5, 5.41) is 0. The molecule has 0 saturated carbocycles. The number of hydrogen-bond acceptors (Lipinski definition) is 5. The molecule has 1 amide bonds. The van der Waals surface area contributed by atoms with E-state index in [1.165, 1.54) is 23.1 Å². The number of ether oxygens (including phenoxy) is 1. The van der Waals surface area contributed by atoms with E-state index in [2.05, 4.69) is 28.1 Å². The van der Waals surface area contributed by atoms with Crippen LogP contribution in [0, 0.1) is 5.41 Å². The number of pyridine rings is 1. The smallest absolute Gasteiger partial charge is 0.410 e. The second kappa shape index (κ2) is 8.39. The van der Waals surface area contributed by atoms with E-state index < -0.39 is 0 Å². The van der Waals surface area contributed by atoms with Crippen molar-refractivity contribution in [3.63, 3.8) is 0 Å². The van der Waals surface area contributed by atoms with Crippen molar-refractivity contribution in [3.8, 4) is 11.1 Å². The summed E-state index contributed by atoms with van der Waals surface area (Å²) in [5.41, 5.74) is 11.4. The van der Waals surface area contributed by atoms with Crippen LogP contribution >= 0.6 is 0 Å². The first-order chi connectivity index (χ1) is 15.5. The normalized spacial score (nSPS) is 22.9. The molecule has 2 aliphatic heterocycles. The number of aryl methyl sites for hydroxylation is 1. The SMILES string of the molecule is CCC(C)OC(=O)N1CCC2(CC1)CN([C@@H]1CCc3cc(-c4ccc(N)nc4)ccc31)C2. The number of nitrogen functional groups attached to an aromatic ring is 1. The first kappa shape index (κ1) is 21.3. The third-order valence-corrected chi connectivity index (χ3v) is 7.79. The molecule has 32 heavy (non-hydrogen) atoms. The van der Waals surface area contributed by atoms with Crippen molar-refractivity contribution in [2.75, 3.05) is 31.9 Å². The Balaban J connectivity index is 1.18. The number of nitrogens with zero attached hydrogens (tertiary/aromatic N) is 3. The summed E-state index contributed by atoms with van der Waals surface area (Å²) in [6.07, 6.45) is 7.08. The Morgan fingerprint density at radius 1 is 1.22 bits per heavy atom. The van der Waals surface area contributed by atoms with Crippen LogP contribution in [0.4, 0.5) is 10.6 Å². The molecule has 3 heterocycles. The molecule has 1 aromatic heterocycles. The van der Waals surface area contributed by atoms with Crippen LogP contribution in [0.5, 0.6) is 0 Å². The number of benzene rings is 1. The van der Waals surface area contributed by atoms with Crippen LogP contribution < -0.4 is 5.73 Å². The lowest BCUT2D eigenvalue weighted by atomic mass is 9.71. The van der Waals surface area contributed by atoms with E-state index in [1.54, 1.807) is 0 Å². The molecule has 0 radical (unpaired) electrons. The van der Waals surface area contributed by atoms with E-state index in [0.717, 1.165) is 57.4 Å². The Kier molecular flexibility index (Phi) is 5.58. The van der Waals surface area contributed by atoms with Crippen LogP contribution in [-0.2, 0) is 11.2 Å². The molecule has 170 valence electrons. The fourth-order valence-corrected chi connectivity index (χ4v) is 5.58. The highest BCUT2D eigenvalue weighted by Gasteiger charge is 2.48. The molecular weight excluding hydrogens is 400 g/mol. The van der Waals surface area contributed by atoms with Gasteiger partial charge in [-0.3, -0.25) is 4.90 Å². The van der Waals surface area contributed by atoms with Gasteiger partial charge in [-0.05, 0) is 73.3 Å². The van der Waals surface area contributed by atoms with Gasteiger partial charge in [0.05, 0.1) is 0 Å². The summed E-state index contributed by atoms with van der Waals surface area (Å²) in [4.78, 5) is 21.1. The monoisotopic (exact) mass is 434 g/mol. The van der Waals surface area contributed by atoms with Gasteiger partial charge >= 0.3 is 6.09 Å². The minimum atomic E-state index is -0.137. The Labute approximate surface area is 190 Å². The van der Waals surface area contributed by atoms with E-state index in [1.807, 2.05) is 37.1 Å². The predicted octanol–water partition coefficient (Wildman–Crippen LogP) is 4.65. The average molecular weight is 435 g/mol. The standard InChI is InChI=1S/C26H34N4O2/c1-3-18(2)32-25(31)29-12-10-26(11-13-29)16-30(17-26)23-8-5-20-14-19(4-7-22(20)23)21-6-9-24(27)28-15-21/h4,6-7,9,14-15,18,23H,3,5,8,10-13,16-17H2,1-2H3,(H2,27,28)/t18?,23-/m1/s1. The van der Waals surface area contributed by atoms with Gasteiger partial charge in [-0.2, -0.15) is 0 Å². The van der Waals surface area contributed by atoms with Gasteiger partial charge in [-0.1, -0.05) is 25.1 Å². The maximum atomic E-state index is 12.3. The van der Waals surface area contributed by atoms with Gasteiger partial charge in [-0.15, -0.1) is 0 Å². The van der Waals surface area contributed by atoms with Gasteiger partial charge < -0.3 is 15.4 Å².